The van der Waals surface area contributed by atoms with Gasteiger partial charge in [0.05, 0.1) is 0 Å². The molecule has 0 saturated carbocycles. The molecule has 2 nitrogen and oxygen atoms in total. The lowest BCUT2D eigenvalue weighted by molar-refractivity contribution is 0.352. The van der Waals surface area contributed by atoms with Gasteiger partial charge in [-0.1, -0.05) is 48.9 Å². The number of aromatic nitrogens is 2. The van der Waals surface area contributed by atoms with E-state index in [2.05, 4.69) is 66.9 Å². The van der Waals surface area contributed by atoms with Crippen LogP contribution in [0.5, 0.6) is 0 Å². The summed E-state index contributed by atoms with van der Waals surface area (Å²) >= 11 is 6.11. The quantitative estimate of drug-likeness (QED) is 0.584. The van der Waals surface area contributed by atoms with Crippen LogP contribution in [0.3, 0.4) is 0 Å². The average molecular weight is 299 g/mol. The topological polar surface area (TPSA) is 17.8 Å². The number of fused-ring (bicyclic) bond motifs is 1. The minimum Gasteiger partial charge on any atom is -0.326 e. The fourth-order valence-electron chi connectivity index (χ4n) is 2.56. The summed E-state index contributed by atoms with van der Waals surface area (Å²) in [6, 6.07) is 14.3. The van der Waals surface area contributed by atoms with Gasteiger partial charge in [0.25, 0.3) is 0 Å². The molecule has 0 spiro atoms. The van der Waals surface area contributed by atoms with Gasteiger partial charge in [0.15, 0.2) is 0 Å². The third kappa shape index (κ3) is 2.44. The van der Waals surface area contributed by atoms with E-state index in [1.54, 1.807) is 0 Å². The van der Waals surface area contributed by atoms with Gasteiger partial charge in [-0.25, -0.2) is 4.98 Å². The van der Waals surface area contributed by atoms with Crippen molar-refractivity contribution in [1.29, 1.82) is 0 Å². The van der Waals surface area contributed by atoms with Gasteiger partial charge in [0.2, 0.25) is 0 Å². The van der Waals surface area contributed by atoms with Crippen LogP contribution in [0.4, 0.5) is 0 Å². The second kappa shape index (κ2) is 5.19. The summed E-state index contributed by atoms with van der Waals surface area (Å²) < 4.78 is 2.25. The Balaban J connectivity index is 2.33. The molecule has 108 valence electrons. The Hall–Kier alpha value is -1.80. The molecule has 3 heteroatoms. The third-order valence-corrected chi connectivity index (χ3v) is 4.43. The summed E-state index contributed by atoms with van der Waals surface area (Å²) in [5.41, 5.74) is 3.37. The van der Waals surface area contributed by atoms with Crippen molar-refractivity contribution in [2.75, 3.05) is 0 Å². The van der Waals surface area contributed by atoms with E-state index in [-0.39, 0.29) is 5.54 Å². The van der Waals surface area contributed by atoms with Gasteiger partial charge in [0.1, 0.15) is 10.8 Å². The highest BCUT2D eigenvalue weighted by Crippen LogP contribution is 2.34. The minimum atomic E-state index is 0.00294. The normalized spacial score (nSPS) is 12.0. The largest absolute Gasteiger partial charge is 0.326 e. The number of pyridine rings is 1. The maximum atomic E-state index is 6.11. The summed E-state index contributed by atoms with van der Waals surface area (Å²) in [6.45, 7) is 6.65. The molecule has 0 bridgehead atoms. The van der Waals surface area contributed by atoms with Crippen molar-refractivity contribution in [3.8, 4) is 11.1 Å². The van der Waals surface area contributed by atoms with Crippen LogP contribution < -0.4 is 0 Å². The Morgan fingerprint density at radius 3 is 2.48 bits per heavy atom. The first kappa shape index (κ1) is 14.2. The van der Waals surface area contributed by atoms with E-state index in [1.165, 1.54) is 11.1 Å². The lowest BCUT2D eigenvalue weighted by Gasteiger charge is -2.25. The van der Waals surface area contributed by atoms with Gasteiger partial charge in [0, 0.05) is 22.7 Å². The van der Waals surface area contributed by atoms with Crippen LogP contribution in [0.2, 0.25) is 5.15 Å². The molecular weight excluding hydrogens is 280 g/mol. The van der Waals surface area contributed by atoms with Crippen LogP contribution in [0, 0.1) is 0 Å². The van der Waals surface area contributed by atoms with Crippen molar-refractivity contribution in [3.63, 3.8) is 0 Å². The Labute approximate surface area is 130 Å². The standard InChI is InChI=1S/C18H19ClN2/c1-4-18(2,3)21-12-15(13-8-6-5-7-9-13)14-10-11-16(19)20-17(14)21/h5-12H,4H2,1-3H3. The highest BCUT2D eigenvalue weighted by atomic mass is 35.5. The molecule has 0 fully saturated rings. The summed E-state index contributed by atoms with van der Waals surface area (Å²) in [6.07, 6.45) is 3.23. The number of benzene rings is 1. The molecule has 3 rings (SSSR count). The van der Waals surface area contributed by atoms with Crippen molar-refractivity contribution in [2.45, 2.75) is 32.7 Å². The molecule has 1 aromatic carbocycles. The van der Waals surface area contributed by atoms with Gasteiger partial charge >= 0.3 is 0 Å². The molecular formula is C18H19ClN2. The lowest BCUT2D eigenvalue weighted by atomic mass is 10.0. The average Bonchev–Trinajstić information content (AvgIpc) is 2.87. The van der Waals surface area contributed by atoms with E-state index >= 15 is 0 Å². The molecule has 0 aliphatic carbocycles. The summed E-state index contributed by atoms with van der Waals surface area (Å²) in [5, 5.41) is 1.68. The van der Waals surface area contributed by atoms with Gasteiger partial charge in [-0.3, -0.25) is 0 Å². The van der Waals surface area contributed by atoms with E-state index < -0.39 is 0 Å². The smallest absolute Gasteiger partial charge is 0.142 e. The molecule has 0 unspecified atom stereocenters. The molecule has 0 atom stereocenters. The Morgan fingerprint density at radius 1 is 1.10 bits per heavy atom. The number of hydrogen-bond acceptors (Lipinski definition) is 1. The zero-order chi connectivity index (χ0) is 15.0. The van der Waals surface area contributed by atoms with Gasteiger partial charge in [-0.2, -0.15) is 0 Å². The van der Waals surface area contributed by atoms with E-state index in [9.17, 15) is 0 Å². The highest BCUT2D eigenvalue weighted by molar-refractivity contribution is 6.29. The minimum absolute atomic E-state index is 0.00294. The van der Waals surface area contributed by atoms with Crippen molar-refractivity contribution < 1.29 is 0 Å². The highest BCUT2D eigenvalue weighted by Gasteiger charge is 2.22. The summed E-state index contributed by atoms with van der Waals surface area (Å²) in [5.74, 6) is 0. The second-order valence-electron chi connectivity index (χ2n) is 5.95. The second-order valence-corrected chi connectivity index (χ2v) is 6.34. The van der Waals surface area contributed by atoms with Crippen LogP contribution >= 0.6 is 11.6 Å². The molecule has 0 amide bonds. The van der Waals surface area contributed by atoms with Crippen LogP contribution in [0.1, 0.15) is 27.2 Å². The Kier molecular flexibility index (Phi) is 3.50. The van der Waals surface area contributed by atoms with E-state index in [0.717, 1.165) is 17.5 Å². The van der Waals surface area contributed by atoms with Gasteiger partial charge in [-0.15, -0.1) is 0 Å². The maximum Gasteiger partial charge on any atom is 0.142 e. The molecule has 0 aliphatic heterocycles. The van der Waals surface area contributed by atoms with Crippen molar-refractivity contribution in [3.05, 3.63) is 53.8 Å². The molecule has 21 heavy (non-hydrogen) atoms. The molecule has 0 N–H and O–H groups in total. The number of rotatable bonds is 3. The summed E-state index contributed by atoms with van der Waals surface area (Å²) in [7, 11) is 0. The Morgan fingerprint density at radius 2 is 1.81 bits per heavy atom. The molecule has 0 saturated heterocycles. The number of hydrogen-bond donors (Lipinski definition) is 0. The van der Waals surface area contributed by atoms with Crippen LogP contribution in [0.15, 0.2) is 48.7 Å². The monoisotopic (exact) mass is 298 g/mol. The zero-order valence-corrected chi connectivity index (χ0v) is 13.4. The van der Waals surface area contributed by atoms with Crippen LogP contribution in [0.25, 0.3) is 22.2 Å². The number of nitrogens with zero attached hydrogens (tertiary/aromatic N) is 2. The van der Waals surface area contributed by atoms with Crippen molar-refractivity contribution >= 4 is 22.6 Å². The number of halogens is 1. The van der Waals surface area contributed by atoms with Crippen LogP contribution in [-0.4, -0.2) is 9.55 Å². The third-order valence-electron chi connectivity index (χ3n) is 4.22. The predicted octanol–water partition coefficient (Wildman–Crippen LogP) is 5.50. The van der Waals surface area contributed by atoms with Gasteiger partial charge < -0.3 is 4.57 Å². The molecule has 3 aromatic rings. The van der Waals surface area contributed by atoms with Gasteiger partial charge in [-0.05, 0) is 38.0 Å². The molecule has 0 radical (unpaired) electrons. The zero-order valence-electron chi connectivity index (χ0n) is 12.6. The lowest BCUT2D eigenvalue weighted by Crippen LogP contribution is -2.24. The van der Waals surface area contributed by atoms with Crippen molar-refractivity contribution in [2.24, 2.45) is 0 Å². The van der Waals surface area contributed by atoms with E-state index in [4.69, 9.17) is 11.6 Å². The molecule has 2 aromatic heterocycles. The van der Waals surface area contributed by atoms with Crippen LogP contribution in [-0.2, 0) is 5.54 Å². The Bertz CT molecular complexity index is 773. The first-order valence-corrected chi connectivity index (χ1v) is 7.64. The fraction of sp³-hybridized carbons (Fsp3) is 0.278. The first-order chi connectivity index (χ1) is 10.0. The summed E-state index contributed by atoms with van der Waals surface area (Å²) in [4.78, 5) is 4.56. The predicted molar refractivity (Wildman–Crippen MR) is 89.8 cm³/mol. The van der Waals surface area contributed by atoms with E-state index in [1.807, 2.05) is 12.1 Å². The fourth-order valence-corrected chi connectivity index (χ4v) is 2.70. The first-order valence-electron chi connectivity index (χ1n) is 7.26. The van der Waals surface area contributed by atoms with E-state index in [0.29, 0.717) is 5.15 Å². The SMILES string of the molecule is CCC(C)(C)n1cc(-c2ccccc2)c2ccc(Cl)nc21. The molecule has 2 heterocycles. The maximum absolute atomic E-state index is 6.11. The molecule has 0 aliphatic rings. The van der Waals surface area contributed by atoms with Crippen molar-refractivity contribution in [1.82, 2.24) is 9.55 Å².